The van der Waals surface area contributed by atoms with Crippen molar-refractivity contribution in [1.29, 1.82) is 0 Å². The van der Waals surface area contributed by atoms with Crippen molar-refractivity contribution in [1.82, 2.24) is 4.98 Å². The van der Waals surface area contributed by atoms with Crippen molar-refractivity contribution in [2.24, 2.45) is 0 Å². The molecule has 0 saturated carbocycles. The molecular formula is C21H20ClN3O3. The first kappa shape index (κ1) is 19.5. The van der Waals surface area contributed by atoms with E-state index in [2.05, 4.69) is 15.6 Å². The number of carbonyl (C=O) groups excluding carboxylic acids is 1. The summed E-state index contributed by atoms with van der Waals surface area (Å²) in [6.07, 6.45) is 1.58. The molecule has 0 spiro atoms. The Morgan fingerprint density at radius 2 is 1.71 bits per heavy atom. The van der Waals surface area contributed by atoms with Crippen LogP contribution < -0.4 is 20.1 Å². The lowest BCUT2D eigenvalue weighted by Gasteiger charge is -2.11. The zero-order valence-corrected chi connectivity index (χ0v) is 16.5. The van der Waals surface area contributed by atoms with Gasteiger partial charge in [0.1, 0.15) is 5.82 Å². The van der Waals surface area contributed by atoms with Crippen LogP contribution in [0.4, 0.5) is 17.2 Å². The average molecular weight is 398 g/mol. The molecule has 0 unspecified atom stereocenters. The number of ether oxygens (including phenoxy) is 2. The van der Waals surface area contributed by atoms with Crippen molar-refractivity contribution in [3.8, 4) is 11.5 Å². The Morgan fingerprint density at radius 1 is 0.964 bits per heavy atom. The summed E-state index contributed by atoms with van der Waals surface area (Å²) < 4.78 is 10.4. The summed E-state index contributed by atoms with van der Waals surface area (Å²) >= 11 is 6.14. The number of anilines is 3. The molecule has 0 saturated heterocycles. The summed E-state index contributed by atoms with van der Waals surface area (Å²) in [6.45, 7) is 1.94. The van der Waals surface area contributed by atoms with Crippen LogP contribution in [-0.4, -0.2) is 25.1 Å². The highest BCUT2D eigenvalue weighted by Gasteiger charge is 2.11. The Hall–Kier alpha value is -3.25. The predicted octanol–water partition coefficient (Wildman–Crippen LogP) is 5.06. The van der Waals surface area contributed by atoms with Crippen molar-refractivity contribution in [2.45, 2.75) is 6.92 Å². The van der Waals surface area contributed by atoms with Gasteiger partial charge in [-0.1, -0.05) is 17.7 Å². The molecule has 0 radical (unpaired) electrons. The zero-order chi connectivity index (χ0) is 20.1. The molecule has 0 fully saturated rings. The summed E-state index contributed by atoms with van der Waals surface area (Å²) in [5.41, 5.74) is 2.88. The third-order valence-electron chi connectivity index (χ3n) is 4.11. The summed E-state index contributed by atoms with van der Waals surface area (Å²) in [5.74, 6) is 1.43. The molecule has 0 aliphatic heterocycles. The summed E-state index contributed by atoms with van der Waals surface area (Å²) in [7, 11) is 3.07. The molecule has 0 aliphatic rings. The monoisotopic (exact) mass is 397 g/mol. The molecule has 2 N–H and O–H groups in total. The summed E-state index contributed by atoms with van der Waals surface area (Å²) in [5, 5.41) is 6.67. The van der Waals surface area contributed by atoms with Gasteiger partial charge in [0.15, 0.2) is 11.5 Å². The Kier molecular flexibility index (Phi) is 6.01. The maximum atomic E-state index is 12.5. The highest BCUT2D eigenvalue weighted by Crippen LogP contribution is 2.28. The van der Waals surface area contributed by atoms with E-state index in [0.717, 1.165) is 11.3 Å². The number of nitrogens with one attached hydrogen (secondary N) is 2. The van der Waals surface area contributed by atoms with Crippen molar-refractivity contribution in [3.05, 3.63) is 70.9 Å². The molecule has 144 valence electrons. The van der Waals surface area contributed by atoms with Gasteiger partial charge in [0.2, 0.25) is 0 Å². The number of hydrogen-bond donors (Lipinski definition) is 2. The first-order valence-corrected chi connectivity index (χ1v) is 8.90. The van der Waals surface area contributed by atoms with E-state index in [1.807, 2.05) is 25.1 Å². The van der Waals surface area contributed by atoms with E-state index in [-0.39, 0.29) is 5.91 Å². The maximum absolute atomic E-state index is 12.5. The number of carbonyl (C=O) groups is 1. The van der Waals surface area contributed by atoms with Gasteiger partial charge in [-0.2, -0.15) is 0 Å². The lowest BCUT2D eigenvalue weighted by molar-refractivity contribution is 0.102. The van der Waals surface area contributed by atoms with E-state index < -0.39 is 0 Å². The third-order valence-corrected chi connectivity index (χ3v) is 4.52. The van der Waals surface area contributed by atoms with Gasteiger partial charge in [-0.05, 0) is 55.0 Å². The number of pyridine rings is 1. The normalized spacial score (nSPS) is 10.3. The van der Waals surface area contributed by atoms with Crippen LogP contribution in [-0.2, 0) is 0 Å². The Bertz CT molecular complexity index is 991. The zero-order valence-electron chi connectivity index (χ0n) is 15.7. The van der Waals surface area contributed by atoms with Gasteiger partial charge in [0.05, 0.1) is 26.1 Å². The van der Waals surface area contributed by atoms with E-state index in [0.29, 0.717) is 33.6 Å². The first-order chi connectivity index (χ1) is 13.5. The Morgan fingerprint density at radius 3 is 2.36 bits per heavy atom. The highest BCUT2D eigenvalue weighted by molar-refractivity contribution is 6.31. The molecule has 3 aromatic rings. The number of halogens is 1. The second kappa shape index (κ2) is 8.63. The third kappa shape index (κ3) is 4.53. The van der Waals surface area contributed by atoms with E-state index in [1.165, 1.54) is 7.11 Å². The lowest BCUT2D eigenvalue weighted by Crippen LogP contribution is -2.12. The molecule has 1 amide bonds. The van der Waals surface area contributed by atoms with E-state index in [9.17, 15) is 4.79 Å². The largest absolute Gasteiger partial charge is 0.493 e. The van der Waals surface area contributed by atoms with Crippen molar-refractivity contribution >= 4 is 34.7 Å². The second-order valence-corrected chi connectivity index (χ2v) is 6.45. The molecule has 1 heterocycles. The van der Waals surface area contributed by atoms with Crippen LogP contribution in [0.25, 0.3) is 0 Å². The smallest absolute Gasteiger partial charge is 0.255 e. The van der Waals surface area contributed by atoms with Crippen LogP contribution in [0.15, 0.2) is 54.7 Å². The van der Waals surface area contributed by atoms with Crippen LogP contribution in [0, 0.1) is 6.92 Å². The fourth-order valence-electron chi connectivity index (χ4n) is 2.54. The number of aryl methyl sites for hydroxylation is 1. The van der Waals surface area contributed by atoms with Crippen LogP contribution in [0.3, 0.4) is 0 Å². The lowest BCUT2D eigenvalue weighted by atomic mass is 10.2. The summed E-state index contributed by atoms with van der Waals surface area (Å²) in [6, 6.07) is 14.2. The van der Waals surface area contributed by atoms with Gasteiger partial charge >= 0.3 is 0 Å². The van der Waals surface area contributed by atoms with Gasteiger partial charge in [-0.25, -0.2) is 4.98 Å². The average Bonchev–Trinajstić information content (AvgIpc) is 2.71. The summed E-state index contributed by atoms with van der Waals surface area (Å²) in [4.78, 5) is 16.8. The van der Waals surface area contributed by atoms with Gasteiger partial charge in [0, 0.05) is 16.3 Å². The quantitative estimate of drug-likeness (QED) is 0.608. The Balaban J connectivity index is 1.68. The standard InChI is InChI=1S/C21H20ClN3O3/c1-13-4-6-15(11-17(13)22)24-20-9-7-16(12-23-20)25-21(26)14-5-8-18(27-2)19(10-14)28-3/h4-12H,1-3H3,(H,23,24)(H,25,26). The number of hydrogen-bond acceptors (Lipinski definition) is 5. The number of aromatic nitrogens is 1. The molecule has 0 atom stereocenters. The van der Waals surface area contributed by atoms with Gasteiger partial charge < -0.3 is 20.1 Å². The number of nitrogens with zero attached hydrogens (tertiary/aromatic N) is 1. The fourth-order valence-corrected chi connectivity index (χ4v) is 2.72. The molecular weight excluding hydrogens is 378 g/mol. The molecule has 3 rings (SSSR count). The molecule has 2 aromatic carbocycles. The fraction of sp³-hybridized carbons (Fsp3) is 0.143. The second-order valence-electron chi connectivity index (χ2n) is 6.04. The van der Waals surface area contributed by atoms with E-state index >= 15 is 0 Å². The molecule has 28 heavy (non-hydrogen) atoms. The van der Waals surface area contributed by atoms with Crippen molar-refractivity contribution < 1.29 is 14.3 Å². The van der Waals surface area contributed by atoms with Crippen LogP contribution in [0.2, 0.25) is 5.02 Å². The molecule has 1 aromatic heterocycles. The molecule has 0 bridgehead atoms. The van der Waals surface area contributed by atoms with Gasteiger partial charge in [0.25, 0.3) is 5.91 Å². The predicted molar refractivity (Wildman–Crippen MR) is 111 cm³/mol. The molecule has 6 nitrogen and oxygen atoms in total. The SMILES string of the molecule is COc1ccc(C(=O)Nc2ccc(Nc3ccc(C)c(Cl)c3)nc2)cc1OC. The van der Waals surface area contributed by atoms with Gasteiger partial charge in [-0.3, -0.25) is 4.79 Å². The maximum Gasteiger partial charge on any atom is 0.255 e. The van der Waals surface area contributed by atoms with Crippen LogP contribution in [0.5, 0.6) is 11.5 Å². The van der Waals surface area contributed by atoms with Gasteiger partial charge in [-0.15, -0.1) is 0 Å². The molecule has 0 aliphatic carbocycles. The van der Waals surface area contributed by atoms with Crippen molar-refractivity contribution in [2.75, 3.05) is 24.9 Å². The minimum atomic E-state index is -0.270. The number of methoxy groups -OCH3 is 2. The van der Waals surface area contributed by atoms with Crippen LogP contribution >= 0.6 is 11.6 Å². The highest BCUT2D eigenvalue weighted by atomic mass is 35.5. The number of benzene rings is 2. The van der Waals surface area contributed by atoms with E-state index in [1.54, 1.807) is 43.6 Å². The number of amides is 1. The minimum absolute atomic E-state index is 0.270. The van der Waals surface area contributed by atoms with Crippen LogP contribution in [0.1, 0.15) is 15.9 Å². The van der Waals surface area contributed by atoms with Crippen molar-refractivity contribution in [3.63, 3.8) is 0 Å². The Labute approximate surface area is 168 Å². The van der Waals surface area contributed by atoms with E-state index in [4.69, 9.17) is 21.1 Å². The minimum Gasteiger partial charge on any atom is -0.493 e. The molecule has 7 heteroatoms. The first-order valence-electron chi connectivity index (χ1n) is 8.53. The number of rotatable bonds is 6. The topological polar surface area (TPSA) is 72.5 Å².